The Kier molecular flexibility index (Phi) is 6.50. The molecule has 1 fully saturated rings. The van der Waals surface area contributed by atoms with Crippen molar-refractivity contribution in [2.75, 3.05) is 20.3 Å². The summed E-state index contributed by atoms with van der Waals surface area (Å²) in [6, 6.07) is 0.357. The molecule has 0 aliphatic heterocycles. The molecule has 1 aromatic heterocycles. The second-order valence-corrected chi connectivity index (χ2v) is 5.46. The zero-order valence-corrected chi connectivity index (χ0v) is 12.4. The number of ether oxygens (including phenoxy) is 1. The Morgan fingerprint density at radius 1 is 1.38 bits per heavy atom. The van der Waals surface area contributed by atoms with Crippen molar-refractivity contribution < 1.29 is 18.0 Å². The molecule has 0 amide bonds. The van der Waals surface area contributed by atoms with Crippen molar-refractivity contribution in [2.45, 2.75) is 51.0 Å². The number of aromatic nitrogens is 2. The summed E-state index contributed by atoms with van der Waals surface area (Å²) in [5.41, 5.74) is 0. The van der Waals surface area contributed by atoms with Crippen LogP contribution in [0.4, 0.5) is 8.78 Å². The molecule has 0 radical (unpaired) electrons. The Labute approximate surface area is 123 Å². The first-order valence-electron chi connectivity index (χ1n) is 7.53. The molecular weight excluding hydrogens is 280 g/mol. The fourth-order valence-corrected chi connectivity index (χ4v) is 2.86. The van der Waals surface area contributed by atoms with Crippen molar-refractivity contribution in [1.29, 1.82) is 0 Å². The van der Waals surface area contributed by atoms with Gasteiger partial charge in [-0.05, 0) is 25.8 Å². The van der Waals surface area contributed by atoms with Gasteiger partial charge in [-0.25, -0.2) is 8.78 Å². The standard InChI is InChI=1S/C14H23F2N3O2/c1-17-11(10-4-2-3-5-10)8-14-18-13(19-21-14)6-7-20-9-12(15)16/h10-12,17H,2-9H2,1H3. The van der Waals surface area contributed by atoms with E-state index < -0.39 is 13.0 Å². The molecule has 1 saturated carbocycles. The lowest BCUT2D eigenvalue weighted by atomic mass is 9.95. The summed E-state index contributed by atoms with van der Waals surface area (Å²) in [5, 5.41) is 7.20. The lowest BCUT2D eigenvalue weighted by Crippen LogP contribution is -2.34. The maximum atomic E-state index is 11.9. The highest BCUT2D eigenvalue weighted by Crippen LogP contribution is 2.28. The number of rotatable bonds is 9. The maximum Gasteiger partial charge on any atom is 0.261 e. The first-order chi connectivity index (χ1) is 10.2. The molecule has 1 unspecified atom stereocenters. The average molecular weight is 303 g/mol. The van der Waals surface area contributed by atoms with Crippen molar-refractivity contribution in [1.82, 2.24) is 15.5 Å². The highest BCUT2D eigenvalue weighted by Gasteiger charge is 2.25. The molecule has 5 nitrogen and oxygen atoms in total. The Morgan fingerprint density at radius 3 is 2.81 bits per heavy atom. The second-order valence-electron chi connectivity index (χ2n) is 5.46. The molecule has 1 N–H and O–H groups in total. The van der Waals surface area contributed by atoms with E-state index in [4.69, 9.17) is 9.26 Å². The molecule has 0 spiro atoms. The van der Waals surface area contributed by atoms with E-state index >= 15 is 0 Å². The van der Waals surface area contributed by atoms with Gasteiger partial charge in [0.2, 0.25) is 5.89 Å². The fraction of sp³-hybridized carbons (Fsp3) is 0.857. The zero-order chi connectivity index (χ0) is 15.1. The predicted molar refractivity (Wildman–Crippen MR) is 73.3 cm³/mol. The monoisotopic (exact) mass is 303 g/mol. The van der Waals surface area contributed by atoms with Crippen molar-refractivity contribution >= 4 is 0 Å². The van der Waals surface area contributed by atoms with Crippen LogP contribution in [0.3, 0.4) is 0 Å². The molecule has 1 aliphatic carbocycles. The zero-order valence-electron chi connectivity index (χ0n) is 12.4. The summed E-state index contributed by atoms with van der Waals surface area (Å²) in [7, 11) is 1.96. The molecule has 1 heterocycles. The normalized spacial score (nSPS) is 17.7. The number of likely N-dealkylation sites (N-methyl/N-ethyl adjacent to an activating group) is 1. The van der Waals surface area contributed by atoms with Crippen molar-refractivity contribution in [3.8, 4) is 0 Å². The smallest absolute Gasteiger partial charge is 0.261 e. The molecule has 1 aliphatic rings. The Balaban J connectivity index is 1.76. The quantitative estimate of drug-likeness (QED) is 0.709. The number of hydrogen-bond donors (Lipinski definition) is 1. The van der Waals surface area contributed by atoms with Gasteiger partial charge in [-0.2, -0.15) is 4.98 Å². The third-order valence-corrected chi connectivity index (χ3v) is 3.96. The van der Waals surface area contributed by atoms with E-state index in [0.29, 0.717) is 36.5 Å². The number of alkyl halides is 2. The maximum absolute atomic E-state index is 11.9. The molecule has 7 heteroatoms. The third kappa shape index (κ3) is 5.32. The highest BCUT2D eigenvalue weighted by molar-refractivity contribution is 4.92. The largest absolute Gasteiger partial charge is 0.375 e. The summed E-state index contributed by atoms with van der Waals surface area (Å²) in [6.45, 7) is -0.365. The first kappa shape index (κ1) is 16.3. The van der Waals surface area contributed by atoms with Crippen LogP contribution >= 0.6 is 0 Å². The number of nitrogens with zero attached hydrogens (tertiary/aromatic N) is 2. The number of halogens is 2. The van der Waals surface area contributed by atoms with Gasteiger partial charge in [0.15, 0.2) is 5.82 Å². The van der Waals surface area contributed by atoms with Crippen LogP contribution in [0, 0.1) is 5.92 Å². The van der Waals surface area contributed by atoms with Crippen LogP contribution in [-0.4, -0.2) is 42.9 Å². The molecule has 0 bridgehead atoms. The second kappa shape index (κ2) is 8.38. The van der Waals surface area contributed by atoms with Gasteiger partial charge in [0.1, 0.15) is 6.61 Å². The van der Waals surface area contributed by atoms with Crippen molar-refractivity contribution in [2.24, 2.45) is 5.92 Å². The van der Waals surface area contributed by atoms with Gasteiger partial charge in [0.25, 0.3) is 6.43 Å². The van der Waals surface area contributed by atoms with E-state index in [0.717, 1.165) is 0 Å². The molecule has 1 aromatic rings. The number of nitrogens with one attached hydrogen (secondary N) is 1. The van der Waals surface area contributed by atoms with E-state index in [2.05, 4.69) is 15.5 Å². The van der Waals surface area contributed by atoms with Crippen LogP contribution in [0.25, 0.3) is 0 Å². The molecule has 0 aromatic carbocycles. The van der Waals surface area contributed by atoms with E-state index in [1.807, 2.05) is 7.05 Å². The fourth-order valence-electron chi connectivity index (χ4n) is 2.86. The van der Waals surface area contributed by atoms with Crippen LogP contribution in [0.1, 0.15) is 37.4 Å². The topological polar surface area (TPSA) is 60.2 Å². The van der Waals surface area contributed by atoms with Gasteiger partial charge in [0, 0.05) is 18.9 Å². The Morgan fingerprint density at radius 2 is 2.14 bits per heavy atom. The van der Waals surface area contributed by atoms with Crippen LogP contribution in [0.15, 0.2) is 4.52 Å². The van der Waals surface area contributed by atoms with E-state index in [9.17, 15) is 8.78 Å². The van der Waals surface area contributed by atoms with Gasteiger partial charge >= 0.3 is 0 Å². The molecule has 1 atom stereocenters. The summed E-state index contributed by atoms with van der Waals surface area (Å²) < 4.78 is 33.9. The minimum absolute atomic E-state index is 0.182. The lowest BCUT2D eigenvalue weighted by Gasteiger charge is -2.20. The molecular formula is C14H23F2N3O2. The molecule has 120 valence electrons. The first-order valence-corrected chi connectivity index (χ1v) is 7.53. The SMILES string of the molecule is CNC(Cc1nc(CCOCC(F)F)no1)C1CCCC1. The molecule has 0 saturated heterocycles. The lowest BCUT2D eigenvalue weighted by molar-refractivity contribution is 0.0182. The van der Waals surface area contributed by atoms with Gasteiger partial charge < -0.3 is 14.6 Å². The van der Waals surface area contributed by atoms with Gasteiger partial charge in [-0.1, -0.05) is 18.0 Å². The molecule has 21 heavy (non-hydrogen) atoms. The van der Waals surface area contributed by atoms with E-state index in [-0.39, 0.29) is 6.61 Å². The van der Waals surface area contributed by atoms with Crippen LogP contribution < -0.4 is 5.32 Å². The van der Waals surface area contributed by atoms with Gasteiger partial charge in [-0.3, -0.25) is 0 Å². The van der Waals surface area contributed by atoms with Gasteiger partial charge in [-0.15, -0.1) is 0 Å². The minimum atomic E-state index is -2.44. The van der Waals surface area contributed by atoms with Crippen LogP contribution in [0.5, 0.6) is 0 Å². The Hall–Kier alpha value is -1.08. The van der Waals surface area contributed by atoms with Crippen molar-refractivity contribution in [3.05, 3.63) is 11.7 Å². The minimum Gasteiger partial charge on any atom is -0.375 e. The summed E-state index contributed by atoms with van der Waals surface area (Å²) in [6.07, 6.45) is 3.74. The highest BCUT2D eigenvalue weighted by atomic mass is 19.3. The van der Waals surface area contributed by atoms with E-state index in [1.165, 1.54) is 25.7 Å². The third-order valence-electron chi connectivity index (χ3n) is 3.96. The van der Waals surface area contributed by atoms with Crippen molar-refractivity contribution in [3.63, 3.8) is 0 Å². The van der Waals surface area contributed by atoms with E-state index in [1.54, 1.807) is 0 Å². The number of hydrogen-bond acceptors (Lipinski definition) is 5. The predicted octanol–water partition coefficient (Wildman–Crippen LogP) is 2.21. The summed E-state index contributed by atoms with van der Waals surface area (Å²) in [5.74, 6) is 1.78. The van der Waals surface area contributed by atoms with Crippen LogP contribution in [-0.2, 0) is 17.6 Å². The van der Waals surface area contributed by atoms with Crippen LogP contribution in [0.2, 0.25) is 0 Å². The molecule has 2 rings (SSSR count). The Bertz CT molecular complexity index is 409. The summed E-state index contributed by atoms with van der Waals surface area (Å²) >= 11 is 0. The van der Waals surface area contributed by atoms with Gasteiger partial charge in [0.05, 0.1) is 6.61 Å². The average Bonchev–Trinajstić information content (AvgIpc) is 3.12. The summed E-state index contributed by atoms with van der Waals surface area (Å²) in [4.78, 5) is 4.30.